The predicted molar refractivity (Wildman–Crippen MR) is 163 cm³/mol. The van der Waals surface area contributed by atoms with E-state index in [-0.39, 0.29) is 59.2 Å². The Kier molecular flexibility index (Phi) is 12.2. The minimum atomic E-state index is -1.30. The summed E-state index contributed by atoms with van der Waals surface area (Å²) in [5, 5.41) is 33.6. The quantitative estimate of drug-likeness (QED) is 0.0641. The molecular weight excluding hydrogens is 661 g/mol. The summed E-state index contributed by atoms with van der Waals surface area (Å²) in [5.74, 6) is -4.45. The van der Waals surface area contributed by atoms with Crippen molar-refractivity contribution in [2.24, 2.45) is 0 Å². The molecule has 0 aromatic rings. The summed E-state index contributed by atoms with van der Waals surface area (Å²) < 4.78 is 0. The van der Waals surface area contributed by atoms with Crippen LogP contribution in [0.3, 0.4) is 0 Å². The van der Waals surface area contributed by atoms with Crippen molar-refractivity contribution in [3.8, 4) is 0 Å². The minimum absolute atomic E-state index is 0.106. The van der Waals surface area contributed by atoms with Gasteiger partial charge in [-0.05, 0) is 12.8 Å². The van der Waals surface area contributed by atoms with Crippen LogP contribution < -0.4 is 31.9 Å². The second-order valence-corrected chi connectivity index (χ2v) is 15.2. The van der Waals surface area contributed by atoms with Crippen molar-refractivity contribution in [3.05, 3.63) is 0 Å². The number of nitrogens with one attached hydrogen (secondary N) is 6. The molecule has 4 rings (SSSR count). The van der Waals surface area contributed by atoms with Crippen molar-refractivity contribution < 1.29 is 48.6 Å². The lowest BCUT2D eigenvalue weighted by Crippen LogP contribution is -2.53. The summed E-state index contributed by atoms with van der Waals surface area (Å²) in [5.41, 5.74) is 0. The van der Waals surface area contributed by atoms with Gasteiger partial charge in [-0.25, -0.2) is 9.59 Å². The summed E-state index contributed by atoms with van der Waals surface area (Å²) in [7, 11) is 2.02. The number of hydrogen-bond donors (Lipinski definition) is 8. The number of Topliss-reactive ketones (excluding diaryl/α,β-unsaturated/α-hetero) is 2. The molecule has 4 fully saturated rings. The van der Waals surface area contributed by atoms with E-state index in [1.165, 1.54) is 23.5 Å². The number of carboxylic acid groups (broad SMARTS) is 2. The van der Waals surface area contributed by atoms with E-state index in [1.807, 2.05) is 0 Å². The molecule has 4 aliphatic heterocycles. The fourth-order valence-corrected chi connectivity index (χ4v) is 9.47. The molecule has 0 radical (unpaired) electrons. The molecule has 4 heterocycles. The highest BCUT2D eigenvalue weighted by Gasteiger charge is 2.41. The molecule has 4 amide bonds. The number of carbonyl (C=O) groups is 8. The Morgan fingerprint density at radius 3 is 1.41 bits per heavy atom. The Morgan fingerprint density at radius 2 is 1.09 bits per heavy atom. The summed E-state index contributed by atoms with van der Waals surface area (Å²) in [6.45, 7) is 0. The van der Waals surface area contributed by atoms with E-state index >= 15 is 0 Å². The van der Waals surface area contributed by atoms with E-state index in [0.717, 1.165) is 21.6 Å². The number of ketones is 2. The Labute approximate surface area is 267 Å². The molecule has 16 nitrogen and oxygen atoms in total. The molecule has 4 aliphatic rings. The molecule has 4 unspecified atom stereocenters. The fourth-order valence-electron chi connectivity index (χ4n) is 4.72. The third kappa shape index (κ3) is 9.03. The number of carbonyl (C=O) groups excluding carboxylic acids is 6. The third-order valence-electron chi connectivity index (χ3n) is 7.17. The molecule has 4 saturated heterocycles. The molecule has 0 aliphatic carbocycles. The number of aliphatic carboxylic acids is 2. The number of rotatable bonds is 15. The van der Waals surface area contributed by atoms with Gasteiger partial charge in [-0.1, -0.05) is 21.6 Å². The van der Waals surface area contributed by atoms with E-state index in [9.17, 15) is 48.6 Å². The van der Waals surface area contributed by atoms with Gasteiger partial charge in [-0.2, -0.15) is 0 Å². The Balaban J connectivity index is 1.17. The first kappa shape index (κ1) is 34.4. The van der Waals surface area contributed by atoms with Gasteiger partial charge in [-0.3, -0.25) is 39.4 Å². The highest BCUT2D eigenvalue weighted by Crippen LogP contribution is 2.26. The summed E-state index contributed by atoms with van der Waals surface area (Å²) >= 11 is 2.40. The van der Waals surface area contributed by atoms with Crippen LogP contribution in [0, 0.1) is 0 Å². The lowest BCUT2D eigenvalue weighted by Gasteiger charge is -2.20. The zero-order valence-corrected chi connectivity index (χ0v) is 26.3. The van der Waals surface area contributed by atoms with Gasteiger partial charge in [0.25, 0.3) is 0 Å². The van der Waals surface area contributed by atoms with Gasteiger partial charge in [-0.15, -0.1) is 23.5 Å². The molecule has 8 N–H and O–H groups in total. The lowest BCUT2D eigenvalue weighted by atomic mass is 10.1. The van der Waals surface area contributed by atoms with Crippen LogP contribution >= 0.6 is 45.1 Å². The molecule has 0 bridgehead atoms. The van der Waals surface area contributed by atoms with Crippen molar-refractivity contribution in [1.82, 2.24) is 31.9 Å². The largest absolute Gasteiger partial charge is 0.480 e. The second kappa shape index (κ2) is 15.7. The van der Waals surface area contributed by atoms with Crippen LogP contribution in [0.4, 0.5) is 0 Å². The van der Waals surface area contributed by atoms with Crippen LogP contribution in [-0.2, 0) is 38.4 Å². The fraction of sp³-hybridized carbons (Fsp3) is 0.667. The van der Waals surface area contributed by atoms with E-state index in [2.05, 4.69) is 31.9 Å². The van der Waals surface area contributed by atoms with E-state index in [4.69, 9.17) is 0 Å². The van der Waals surface area contributed by atoms with Crippen LogP contribution in [0.2, 0.25) is 0 Å². The molecule has 0 saturated carbocycles. The SMILES string of the molecule is O=C1CC[C@@H](C(=O)C2NC(C(=O)N[C@@H](CSSC[C@H](NC(=O)C3CSC(C(=O)[C@@H]4CCC(=O)N4)N3)C(=O)O)C(=O)O)CS2)N1. The summed E-state index contributed by atoms with van der Waals surface area (Å²) in [6, 6.07) is -5.46. The van der Waals surface area contributed by atoms with Crippen molar-refractivity contribution in [2.75, 3.05) is 23.0 Å². The smallest absolute Gasteiger partial charge is 0.327 e. The highest BCUT2D eigenvalue weighted by atomic mass is 33.1. The van der Waals surface area contributed by atoms with Crippen molar-refractivity contribution in [3.63, 3.8) is 0 Å². The maximum atomic E-state index is 12.7. The normalized spacial score (nSPS) is 29.4. The Hall–Kier alpha value is -2.52. The number of carboxylic acids is 2. The first-order valence-electron chi connectivity index (χ1n) is 13.6. The topological polar surface area (TPSA) is 249 Å². The average Bonchev–Trinajstić information content (AvgIpc) is 3.80. The maximum Gasteiger partial charge on any atom is 0.327 e. The molecule has 0 aromatic heterocycles. The number of amides is 4. The van der Waals surface area contributed by atoms with Gasteiger partial charge in [0.05, 0.1) is 24.2 Å². The first-order valence-corrected chi connectivity index (χ1v) is 18.2. The van der Waals surface area contributed by atoms with E-state index in [1.54, 1.807) is 0 Å². The van der Waals surface area contributed by atoms with Gasteiger partial charge >= 0.3 is 11.9 Å². The summed E-state index contributed by atoms with van der Waals surface area (Å²) in [4.78, 5) is 96.9. The Bertz CT molecular complexity index is 1120. The monoisotopic (exact) mass is 692 g/mol. The van der Waals surface area contributed by atoms with E-state index in [0.29, 0.717) is 12.8 Å². The standard InChI is InChI=1S/C24H32N6O10S4/c31-15-3-1-9(25-15)17(33)21-29-11(5-41-21)19(35)27-13(23(37)38)7-43-44-8-14(24(39)40)28-20(36)12-6-42-22(30-12)18(34)10-2-4-16(32)26-10/h9-14,21-22,29-30H,1-8H2,(H,25,31)(H,26,32)(H,27,35)(H,28,36)(H,37,38)(H,39,40)/t9-,10-,11?,12?,13-,14-,21?,22?/m0/s1. The van der Waals surface area contributed by atoms with E-state index < -0.39 is 70.8 Å². The van der Waals surface area contributed by atoms with Crippen LogP contribution in [-0.4, -0.2) is 127 Å². The van der Waals surface area contributed by atoms with Gasteiger partial charge < -0.3 is 31.5 Å². The van der Waals surface area contributed by atoms with Crippen molar-refractivity contribution >= 4 is 92.2 Å². The van der Waals surface area contributed by atoms with Crippen LogP contribution in [0.5, 0.6) is 0 Å². The Morgan fingerprint density at radius 1 is 0.705 bits per heavy atom. The first-order chi connectivity index (χ1) is 20.9. The highest BCUT2D eigenvalue weighted by molar-refractivity contribution is 8.76. The van der Waals surface area contributed by atoms with Crippen LogP contribution in [0.25, 0.3) is 0 Å². The van der Waals surface area contributed by atoms with Crippen LogP contribution in [0.15, 0.2) is 0 Å². The molecule has 20 heteroatoms. The number of hydrogen-bond acceptors (Lipinski definition) is 14. The maximum absolute atomic E-state index is 12.7. The summed E-state index contributed by atoms with van der Waals surface area (Å²) in [6.07, 6.45) is 1.29. The molecule has 242 valence electrons. The number of thioether (sulfide) groups is 2. The van der Waals surface area contributed by atoms with Gasteiger partial charge in [0.2, 0.25) is 23.6 Å². The van der Waals surface area contributed by atoms with Gasteiger partial charge in [0.1, 0.15) is 22.8 Å². The minimum Gasteiger partial charge on any atom is -0.480 e. The van der Waals surface area contributed by atoms with Gasteiger partial charge in [0.15, 0.2) is 11.6 Å². The second-order valence-electron chi connectivity index (χ2n) is 10.4. The van der Waals surface area contributed by atoms with Crippen molar-refractivity contribution in [2.45, 2.75) is 72.7 Å². The molecule has 0 spiro atoms. The molecule has 0 aromatic carbocycles. The van der Waals surface area contributed by atoms with Gasteiger partial charge in [0, 0.05) is 35.9 Å². The lowest BCUT2D eigenvalue weighted by molar-refractivity contribution is -0.141. The zero-order chi connectivity index (χ0) is 32.0. The van der Waals surface area contributed by atoms with Crippen molar-refractivity contribution in [1.29, 1.82) is 0 Å². The zero-order valence-electron chi connectivity index (χ0n) is 23.1. The molecule has 8 atom stereocenters. The average molecular weight is 693 g/mol. The predicted octanol–water partition coefficient (Wildman–Crippen LogP) is -2.74. The molecular formula is C24H32N6O10S4. The molecule has 44 heavy (non-hydrogen) atoms. The third-order valence-corrected chi connectivity index (χ3v) is 12.1. The van der Waals surface area contributed by atoms with Crippen LogP contribution in [0.1, 0.15) is 25.7 Å².